The van der Waals surface area contributed by atoms with Crippen molar-refractivity contribution in [3.8, 4) is 0 Å². The Bertz CT molecular complexity index is 1060. The first-order chi connectivity index (χ1) is 13.7. The topological polar surface area (TPSA) is 115 Å². The number of nitrogens with one attached hydrogen (secondary N) is 1. The van der Waals surface area contributed by atoms with Crippen LogP contribution in [0, 0.1) is 0 Å². The molecular formula is C19H23N3O6S. The maximum absolute atomic E-state index is 12.6. The molecule has 0 spiro atoms. The van der Waals surface area contributed by atoms with Crippen molar-refractivity contribution in [3.63, 3.8) is 0 Å². The third-order valence-electron chi connectivity index (χ3n) is 4.22. The number of hydrogen-bond donors (Lipinski definition) is 1. The Morgan fingerprint density at radius 2 is 1.76 bits per heavy atom. The van der Waals surface area contributed by atoms with E-state index in [9.17, 15) is 22.8 Å². The molecule has 0 unspecified atom stereocenters. The standard InChI is InChI=1S/C19H23N3O6S/c1-4-22(5-2)29(26,27)14-10-11-18(24)21(12-14)13-17(23)20-16-9-7-6-8-15(16)19(25)28-3/h6-12H,4-5,13H2,1-3H3,(H,20,23). The molecule has 0 bridgehead atoms. The van der Waals surface area contributed by atoms with Crippen molar-refractivity contribution in [3.05, 3.63) is 58.5 Å². The quantitative estimate of drug-likeness (QED) is 0.643. The molecule has 2 aromatic rings. The summed E-state index contributed by atoms with van der Waals surface area (Å²) in [6.45, 7) is 3.56. The van der Waals surface area contributed by atoms with Crippen LogP contribution in [-0.4, -0.2) is 49.4 Å². The normalized spacial score (nSPS) is 11.3. The van der Waals surface area contributed by atoms with Gasteiger partial charge in [0.2, 0.25) is 15.9 Å². The summed E-state index contributed by atoms with van der Waals surface area (Å²) in [5, 5.41) is 2.55. The number of benzene rings is 1. The van der Waals surface area contributed by atoms with E-state index < -0.39 is 34.0 Å². The lowest BCUT2D eigenvalue weighted by Gasteiger charge is -2.19. The number of nitrogens with zero attached hydrogens (tertiary/aromatic N) is 2. The van der Waals surface area contributed by atoms with Crippen LogP contribution >= 0.6 is 0 Å². The molecule has 0 radical (unpaired) electrons. The number of amides is 1. The Balaban J connectivity index is 2.28. The second kappa shape index (κ2) is 9.48. The van der Waals surface area contributed by atoms with Gasteiger partial charge in [-0.05, 0) is 18.2 Å². The number of methoxy groups -OCH3 is 1. The maximum Gasteiger partial charge on any atom is 0.339 e. The Kier molecular flexibility index (Phi) is 7.29. The van der Waals surface area contributed by atoms with Gasteiger partial charge in [-0.2, -0.15) is 4.31 Å². The van der Waals surface area contributed by atoms with Crippen molar-refractivity contribution in [1.29, 1.82) is 0 Å². The average Bonchev–Trinajstić information content (AvgIpc) is 2.70. The summed E-state index contributed by atoms with van der Waals surface area (Å²) in [6.07, 6.45) is 1.14. The second-order valence-corrected chi connectivity index (χ2v) is 7.94. The van der Waals surface area contributed by atoms with Crippen molar-refractivity contribution >= 4 is 27.6 Å². The van der Waals surface area contributed by atoms with Gasteiger partial charge < -0.3 is 14.6 Å². The van der Waals surface area contributed by atoms with Crippen LogP contribution in [0.5, 0.6) is 0 Å². The fourth-order valence-electron chi connectivity index (χ4n) is 2.72. The van der Waals surface area contributed by atoms with Crippen LogP contribution in [0.15, 0.2) is 52.3 Å². The summed E-state index contributed by atoms with van der Waals surface area (Å²) < 4.78 is 32.2. The number of anilines is 1. The molecule has 156 valence electrons. The molecule has 0 aliphatic heterocycles. The fraction of sp³-hybridized carbons (Fsp3) is 0.316. The largest absolute Gasteiger partial charge is 0.465 e. The Morgan fingerprint density at radius 3 is 2.38 bits per heavy atom. The van der Waals surface area contributed by atoms with Crippen molar-refractivity contribution in [2.75, 3.05) is 25.5 Å². The summed E-state index contributed by atoms with van der Waals surface area (Å²) in [7, 11) is -2.55. The Hall–Kier alpha value is -2.98. The van der Waals surface area contributed by atoms with E-state index in [4.69, 9.17) is 0 Å². The number of carbonyl (C=O) groups is 2. The molecule has 1 aromatic carbocycles. The summed E-state index contributed by atoms with van der Waals surface area (Å²) >= 11 is 0. The summed E-state index contributed by atoms with van der Waals surface area (Å²) in [6, 6.07) is 8.58. The molecule has 0 aliphatic carbocycles. The molecule has 1 N–H and O–H groups in total. The number of esters is 1. The highest BCUT2D eigenvalue weighted by molar-refractivity contribution is 7.89. The number of aromatic nitrogens is 1. The van der Waals surface area contributed by atoms with Crippen molar-refractivity contribution in [2.24, 2.45) is 0 Å². The number of pyridine rings is 1. The molecule has 1 aromatic heterocycles. The molecule has 29 heavy (non-hydrogen) atoms. The first-order valence-electron chi connectivity index (χ1n) is 8.92. The van der Waals surface area contributed by atoms with E-state index in [0.29, 0.717) is 0 Å². The fourth-order valence-corrected chi connectivity index (χ4v) is 4.20. The minimum Gasteiger partial charge on any atom is -0.465 e. The Labute approximate surface area is 169 Å². The molecule has 9 nitrogen and oxygen atoms in total. The number of ether oxygens (including phenoxy) is 1. The maximum atomic E-state index is 12.6. The first-order valence-corrected chi connectivity index (χ1v) is 10.4. The zero-order valence-corrected chi connectivity index (χ0v) is 17.2. The molecular weight excluding hydrogens is 398 g/mol. The predicted molar refractivity (Wildman–Crippen MR) is 107 cm³/mol. The lowest BCUT2D eigenvalue weighted by molar-refractivity contribution is -0.116. The average molecular weight is 421 g/mol. The van der Waals surface area contributed by atoms with Crippen LogP contribution in [0.3, 0.4) is 0 Å². The zero-order valence-electron chi connectivity index (χ0n) is 16.4. The van der Waals surface area contributed by atoms with E-state index in [0.717, 1.165) is 16.8 Å². The molecule has 2 rings (SSSR count). The number of carbonyl (C=O) groups excluding carboxylic acids is 2. The van der Waals surface area contributed by atoms with E-state index in [1.807, 2.05) is 0 Å². The van der Waals surface area contributed by atoms with Gasteiger partial charge >= 0.3 is 5.97 Å². The molecule has 1 amide bonds. The lowest BCUT2D eigenvalue weighted by atomic mass is 10.2. The molecule has 0 atom stereocenters. The first kappa shape index (κ1) is 22.3. The van der Waals surface area contributed by atoms with Crippen molar-refractivity contribution < 1.29 is 22.7 Å². The van der Waals surface area contributed by atoms with E-state index in [1.54, 1.807) is 26.0 Å². The molecule has 0 fully saturated rings. The number of para-hydroxylation sites is 1. The van der Waals surface area contributed by atoms with Crippen LogP contribution in [-0.2, 0) is 26.1 Å². The third-order valence-corrected chi connectivity index (χ3v) is 6.25. The minimum atomic E-state index is -3.78. The van der Waals surface area contributed by atoms with Gasteiger partial charge in [-0.3, -0.25) is 9.59 Å². The second-order valence-electron chi connectivity index (χ2n) is 6.01. The van der Waals surface area contributed by atoms with Crippen LogP contribution < -0.4 is 10.9 Å². The molecule has 10 heteroatoms. The van der Waals surface area contributed by atoms with E-state index in [-0.39, 0.29) is 29.2 Å². The van der Waals surface area contributed by atoms with Crippen molar-refractivity contribution in [1.82, 2.24) is 8.87 Å². The van der Waals surface area contributed by atoms with Crippen molar-refractivity contribution in [2.45, 2.75) is 25.3 Å². The summed E-state index contributed by atoms with van der Waals surface area (Å²) in [4.78, 5) is 36.3. The van der Waals surface area contributed by atoms with Crippen LogP contribution in [0.25, 0.3) is 0 Å². The highest BCUT2D eigenvalue weighted by Gasteiger charge is 2.22. The predicted octanol–water partition coefficient (Wildman–Crippen LogP) is 1.30. The van der Waals surface area contributed by atoms with Crippen LogP contribution in [0.2, 0.25) is 0 Å². The monoisotopic (exact) mass is 421 g/mol. The van der Waals surface area contributed by atoms with Crippen LogP contribution in [0.1, 0.15) is 24.2 Å². The SMILES string of the molecule is CCN(CC)S(=O)(=O)c1ccc(=O)n(CC(=O)Nc2ccccc2C(=O)OC)c1. The van der Waals surface area contributed by atoms with Gasteiger partial charge in [0.05, 0.1) is 23.3 Å². The summed E-state index contributed by atoms with van der Waals surface area (Å²) in [5.41, 5.74) is -0.141. The van der Waals surface area contributed by atoms with E-state index >= 15 is 0 Å². The smallest absolute Gasteiger partial charge is 0.339 e. The summed E-state index contributed by atoms with van der Waals surface area (Å²) in [5.74, 6) is -1.22. The van der Waals surface area contributed by atoms with Gasteiger partial charge in [0.1, 0.15) is 6.54 Å². The minimum absolute atomic E-state index is 0.0800. The lowest BCUT2D eigenvalue weighted by Crippen LogP contribution is -2.33. The van der Waals surface area contributed by atoms with Gasteiger partial charge in [0.15, 0.2) is 0 Å². The zero-order chi connectivity index (χ0) is 21.6. The number of hydrogen-bond acceptors (Lipinski definition) is 6. The Morgan fingerprint density at radius 1 is 1.10 bits per heavy atom. The highest BCUT2D eigenvalue weighted by Crippen LogP contribution is 2.17. The van der Waals surface area contributed by atoms with E-state index in [2.05, 4.69) is 10.1 Å². The van der Waals surface area contributed by atoms with Crippen LogP contribution in [0.4, 0.5) is 5.69 Å². The van der Waals surface area contributed by atoms with Gasteiger partial charge in [-0.25, -0.2) is 13.2 Å². The molecule has 0 aliphatic rings. The third kappa shape index (κ3) is 5.09. The molecule has 0 saturated carbocycles. The highest BCUT2D eigenvalue weighted by atomic mass is 32.2. The molecule has 0 saturated heterocycles. The number of sulfonamides is 1. The van der Waals surface area contributed by atoms with Gasteiger partial charge in [-0.15, -0.1) is 0 Å². The van der Waals surface area contributed by atoms with Gasteiger partial charge in [0.25, 0.3) is 5.56 Å². The van der Waals surface area contributed by atoms with E-state index in [1.165, 1.54) is 29.6 Å². The molecule has 1 heterocycles. The number of rotatable bonds is 8. The van der Waals surface area contributed by atoms with Gasteiger partial charge in [-0.1, -0.05) is 26.0 Å². The van der Waals surface area contributed by atoms with Gasteiger partial charge in [0, 0.05) is 25.4 Å².